The van der Waals surface area contributed by atoms with Crippen molar-refractivity contribution in [2.75, 3.05) is 0 Å². The highest BCUT2D eigenvalue weighted by molar-refractivity contribution is 6.30. The number of Topliss-reactive ketones (excluding diaryl/α,β-unsaturated/α-hetero) is 1. The smallest absolute Gasteiger partial charge is 0.407 e. The van der Waals surface area contributed by atoms with E-state index >= 15 is 0 Å². The first kappa shape index (κ1) is 20.6. The molecule has 0 fully saturated rings. The van der Waals surface area contributed by atoms with Crippen molar-refractivity contribution in [3.8, 4) is 0 Å². The van der Waals surface area contributed by atoms with Crippen LogP contribution in [0.2, 0.25) is 5.02 Å². The monoisotopic (exact) mass is 407 g/mol. The second-order valence-electron chi connectivity index (χ2n) is 6.75. The maximum atomic E-state index is 13.0. The summed E-state index contributed by atoms with van der Waals surface area (Å²) in [6, 6.07) is 25.0. The average molecular weight is 408 g/mol. The highest BCUT2D eigenvalue weighted by Crippen LogP contribution is 2.27. The first-order valence-electron chi connectivity index (χ1n) is 9.36. The zero-order valence-electron chi connectivity index (χ0n) is 16.0. The molecule has 3 aromatic rings. The van der Waals surface area contributed by atoms with E-state index in [0.717, 1.165) is 11.1 Å². The van der Waals surface area contributed by atoms with Crippen LogP contribution in [-0.4, -0.2) is 11.9 Å². The number of hydrogen-bond donors (Lipinski definition) is 1. The molecule has 0 saturated heterocycles. The number of amides is 1. The quantitative estimate of drug-likeness (QED) is 0.501. The van der Waals surface area contributed by atoms with Crippen molar-refractivity contribution in [3.63, 3.8) is 0 Å². The van der Waals surface area contributed by atoms with Gasteiger partial charge in [-0.15, -0.1) is 0 Å². The molecule has 5 heteroatoms. The number of rotatable bonds is 7. The number of carbonyl (C=O) groups excluding carboxylic acids is 2. The van der Waals surface area contributed by atoms with Crippen molar-refractivity contribution in [3.05, 3.63) is 107 Å². The summed E-state index contributed by atoms with van der Waals surface area (Å²) in [4.78, 5) is 25.4. The first-order chi connectivity index (χ1) is 14.0. The van der Waals surface area contributed by atoms with Gasteiger partial charge in [0.25, 0.3) is 0 Å². The molecule has 0 aliphatic carbocycles. The molecule has 0 unspecified atom stereocenters. The van der Waals surface area contributed by atoms with E-state index in [9.17, 15) is 9.59 Å². The van der Waals surface area contributed by atoms with Crippen molar-refractivity contribution in [1.29, 1.82) is 0 Å². The summed E-state index contributed by atoms with van der Waals surface area (Å²) in [6.45, 7) is 1.95. The van der Waals surface area contributed by atoms with Crippen LogP contribution in [0.4, 0.5) is 4.79 Å². The van der Waals surface area contributed by atoms with Gasteiger partial charge >= 0.3 is 6.09 Å². The molecular weight excluding hydrogens is 386 g/mol. The second kappa shape index (κ2) is 9.89. The largest absolute Gasteiger partial charge is 0.445 e. The molecule has 1 N–H and O–H groups in total. The normalized spacial score (nSPS) is 12.6. The fourth-order valence-electron chi connectivity index (χ4n) is 3.08. The Morgan fingerprint density at radius 2 is 1.48 bits per heavy atom. The number of ether oxygens (including phenoxy) is 1. The lowest BCUT2D eigenvalue weighted by Crippen LogP contribution is -2.36. The first-order valence-corrected chi connectivity index (χ1v) is 9.74. The predicted molar refractivity (Wildman–Crippen MR) is 114 cm³/mol. The fourth-order valence-corrected chi connectivity index (χ4v) is 3.20. The van der Waals surface area contributed by atoms with E-state index in [1.54, 1.807) is 43.3 Å². The van der Waals surface area contributed by atoms with E-state index in [0.29, 0.717) is 10.6 Å². The van der Waals surface area contributed by atoms with Crippen LogP contribution in [0.1, 0.15) is 34.5 Å². The minimum Gasteiger partial charge on any atom is -0.445 e. The molecule has 0 saturated carbocycles. The van der Waals surface area contributed by atoms with Gasteiger partial charge in [0, 0.05) is 16.5 Å². The van der Waals surface area contributed by atoms with E-state index < -0.39 is 18.1 Å². The van der Waals surface area contributed by atoms with Crippen LogP contribution < -0.4 is 5.32 Å². The van der Waals surface area contributed by atoms with Gasteiger partial charge in [-0.1, -0.05) is 91.3 Å². The Bertz CT molecular complexity index is 943. The third-order valence-electron chi connectivity index (χ3n) is 4.69. The van der Waals surface area contributed by atoms with Crippen LogP contribution in [0.25, 0.3) is 0 Å². The lowest BCUT2D eigenvalue weighted by atomic mass is 9.88. The molecule has 0 heterocycles. The summed E-state index contributed by atoms with van der Waals surface area (Å²) < 4.78 is 5.35. The van der Waals surface area contributed by atoms with Gasteiger partial charge in [0.05, 0.1) is 6.04 Å². The summed E-state index contributed by atoms with van der Waals surface area (Å²) >= 11 is 6.00. The van der Waals surface area contributed by atoms with Gasteiger partial charge < -0.3 is 10.1 Å². The van der Waals surface area contributed by atoms with E-state index in [-0.39, 0.29) is 12.4 Å². The Morgan fingerprint density at radius 1 is 0.897 bits per heavy atom. The van der Waals surface area contributed by atoms with Gasteiger partial charge in [0.15, 0.2) is 5.78 Å². The van der Waals surface area contributed by atoms with Gasteiger partial charge in [-0.25, -0.2) is 4.79 Å². The van der Waals surface area contributed by atoms with Crippen molar-refractivity contribution in [2.24, 2.45) is 5.92 Å². The molecule has 0 aromatic heterocycles. The summed E-state index contributed by atoms with van der Waals surface area (Å²) in [5.74, 6) is -0.559. The summed E-state index contributed by atoms with van der Waals surface area (Å²) in [7, 11) is 0. The van der Waals surface area contributed by atoms with Crippen LogP contribution in [-0.2, 0) is 11.3 Å². The van der Waals surface area contributed by atoms with Crippen LogP contribution in [0.3, 0.4) is 0 Å². The van der Waals surface area contributed by atoms with Crippen LogP contribution >= 0.6 is 11.6 Å². The predicted octanol–water partition coefficient (Wildman–Crippen LogP) is 5.83. The molecule has 3 rings (SSSR count). The van der Waals surface area contributed by atoms with Gasteiger partial charge in [-0.3, -0.25) is 4.79 Å². The van der Waals surface area contributed by atoms with Crippen LogP contribution in [0, 0.1) is 5.92 Å². The second-order valence-corrected chi connectivity index (χ2v) is 7.19. The minimum absolute atomic E-state index is 0.0612. The molecular formula is C24H22ClNO3. The molecule has 0 spiro atoms. The van der Waals surface area contributed by atoms with Crippen molar-refractivity contribution in [1.82, 2.24) is 5.32 Å². The molecule has 1 amide bonds. The molecule has 4 nitrogen and oxygen atoms in total. The molecule has 29 heavy (non-hydrogen) atoms. The lowest BCUT2D eigenvalue weighted by molar-refractivity contribution is 0.0891. The Balaban J connectivity index is 1.76. The average Bonchev–Trinajstić information content (AvgIpc) is 2.77. The van der Waals surface area contributed by atoms with Crippen LogP contribution in [0.5, 0.6) is 0 Å². The Kier molecular flexibility index (Phi) is 7.04. The molecule has 0 aliphatic rings. The number of nitrogens with one attached hydrogen (secondary N) is 1. The molecule has 2 atom stereocenters. The summed E-state index contributed by atoms with van der Waals surface area (Å²) in [5, 5.41) is 3.43. The van der Waals surface area contributed by atoms with Gasteiger partial charge in [-0.2, -0.15) is 0 Å². The topological polar surface area (TPSA) is 55.4 Å². The maximum Gasteiger partial charge on any atom is 0.407 e. The van der Waals surface area contributed by atoms with Crippen molar-refractivity contribution in [2.45, 2.75) is 19.6 Å². The molecule has 148 valence electrons. The SMILES string of the molecule is C[C@@H](C(=O)c1ccccc1)[C@@H](NC(=O)OCc1ccccc1)c1ccc(Cl)cc1. The Labute approximate surface area is 175 Å². The van der Waals surface area contributed by atoms with E-state index in [1.165, 1.54) is 0 Å². The van der Waals surface area contributed by atoms with Gasteiger partial charge in [0.2, 0.25) is 0 Å². The summed E-state index contributed by atoms with van der Waals surface area (Å²) in [6.07, 6.45) is -0.582. The van der Waals surface area contributed by atoms with E-state index in [4.69, 9.17) is 16.3 Å². The van der Waals surface area contributed by atoms with E-state index in [2.05, 4.69) is 5.32 Å². The van der Waals surface area contributed by atoms with Gasteiger partial charge in [0.1, 0.15) is 6.61 Å². The number of alkyl carbamates (subject to hydrolysis) is 1. The highest BCUT2D eigenvalue weighted by Gasteiger charge is 2.28. The van der Waals surface area contributed by atoms with Crippen molar-refractivity contribution >= 4 is 23.5 Å². The number of carbonyl (C=O) groups is 2. The number of benzene rings is 3. The number of hydrogen-bond acceptors (Lipinski definition) is 3. The lowest BCUT2D eigenvalue weighted by Gasteiger charge is -2.25. The van der Waals surface area contributed by atoms with Crippen LogP contribution in [0.15, 0.2) is 84.9 Å². The zero-order chi connectivity index (χ0) is 20.6. The molecule has 0 aliphatic heterocycles. The Morgan fingerprint density at radius 3 is 2.10 bits per heavy atom. The Hall–Kier alpha value is -3.11. The van der Waals surface area contributed by atoms with Crippen molar-refractivity contribution < 1.29 is 14.3 Å². The molecule has 0 radical (unpaired) electrons. The number of ketones is 1. The standard InChI is InChI=1S/C24H22ClNO3/c1-17(23(27)20-10-6-3-7-11-20)22(19-12-14-21(25)15-13-19)26-24(28)29-16-18-8-4-2-5-9-18/h2-15,17,22H,16H2,1H3,(H,26,28)/t17-,22-/m1/s1. The third kappa shape index (κ3) is 5.69. The third-order valence-corrected chi connectivity index (χ3v) is 4.94. The minimum atomic E-state index is -0.582. The fraction of sp³-hybridized carbons (Fsp3) is 0.167. The highest BCUT2D eigenvalue weighted by atomic mass is 35.5. The zero-order valence-corrected chi connectivity index (χ0v) is 16.8. The number of halogens is 1. The maximum absolute atomic E-state index is 13.0. The van der Waals surface area contributed by atoms with Gasteiger partial charge in [-0.05, 0) is 23.3 Å². The molecule has 3 aromatic carbocycles. The van der Waals surface area contributed by atoms with E-state index in [1.807, 2.05) is 48.5 Å². The summed E-state index contributed by atoms with van der Waals surface area (Å²) in [5.41, 5.74) is 2.26. The molecule has 0 bridgehead atoms.